The lowest BCUT2D eigenvalue weighted by Gasteiger charge is -2.37. The third-order valence-corrected chi connectivity index (χ3v) is 4.51. The number of fused-ring (bicyclic) bond motifs is 1. The Hall–Kier alpha value is -1.62. The van der Waals surface area contributed by atoms with E-state index < -0.39 is 5.41 Å². The second-order valence-corrected chi connectivity index (χ2v) is 5.75. The van der Waals surface area contributed by atoms with E-state index in [0.717, 1.165) is 30.8 Å². The van der Waals surface area contributed by atoms with Gasteiger partial charge in [-0.05, 0) is 25.0 Å². The molecular formula is C14H17N3OS. The molecule has 5 heteroatoms. The fourth-order valence-corrected chi connectivity index (χ4v) is 2.96. The van der Waals surface area contributed by atoms with Crippen molar-refractivity contribution in [2.45, 2.75) is 12.8 Å². The lowest BCUT2D eigenvalue weighted by Crippen LogP contribution is -2.48. The van der Waals surface area contributed by atoms with Crippen LogP contribution in [0.15, 0.2) is 24.3 Å². The first-order valence-electron chi connectivity index (χ1n) is 6.48. The highest BCUT2D eigenvalue weighted by Crippen LogP contribution is 2.49. The van der Waals surface area contributed by atoms with Crippen molar-refractivity contribution in [3.63, 3.8) is 0 Å². The molecule has 0 spiro atoms. The van der Waals surface area contributed by atoms with Crippen LogP contribution in [0.4, 0.5) is 11.4 Å². The average molecular weight is 275 g/mol. The van der Waals surface area contributed by atoms with Crippen LogP contribution in [0.1, 0.15) is 12.8 Å². The van der Waals surface area contributed by atoms with E-state index in [1.54, 1.807) is 0 Å². The molecule has 0 radical (unpaired) electrons. The monoisotopic (exact) mass is 275 g/mol. The Bertz CT molecular complexity index is 553. The number of amides is 1. The van der Waals surface area contributed by atoms with E-state index >= 15 is 0 Å². The topological polar surface area (TPSA) is 49.6 Å². The molecular weight excluding hydrogens is 258 g/mol. The van der Waals surface area contributed by atoms with E-state index in [1.807, 2.05) is 36.2 Å². The van der Waals surface area contributed by atoms with Gasteiger partial charge in [0, 0.05) is 20.1 Å². The summed E-state index contributed by atoms with van der Waals surface area (Å²) >= 11 is 5.08. The molecule has 0 atom stereocenters. The van der Waals surface area contributed by atoms with Crippen molar-refractivity contribution in [1.82, 2.24) is 0 Å². The fourth-order valence-electron chi connectivity index (χ4n) is 2.67. The lowest BCUT2D eigenvalue weighted by atomic mass is 10.0. The predicted octanol–water partition coefficient (Wildman–Crippen LogP) is 1.54. The Balaban J connectivity index is 1.97. The second kappa shape index (κ2) is 4.20. The molecule has 1 fully saturated rings. The number of carbonyl (C=O) groups excluding carboxylic acids is 1. The van der Waals surface area contributed by atoms with E-state index in [0.29, 0.717) is 11.5 Å². The number of para-hydroxylation sites is 2. The number of thiocarbonyl (C=S) groups is 1. The van der Waals surface area contributed by atoms with E-state index in [9.17, 15) is 4.79 Å². The van der Waals surface area contributed by atoms with Gasteiger partial charge in [0.25, 0.3) is 0 Å². The zero-order chi connectivity index (χ0) is 13.6. The van der Waals surface area contributed by atoms with Gasteiger partial charge in [-0.2, -0.15) is 0 Å². The number of hydrogen-bond donors (Lipinski definition) is 1. The minimum atomic E-state index is -0.571. The van der Waals surface area contributed by atoms with Crippen molar-refractivity contribution in [3.05, 3.63) is 24.3 Å². The van der Waals surface area contributed by atoms with Crippen LogP contribution in [0, 0.1) is 5.41 Å². The van der Waals surface area contributed by atoms with Gasteiger partial charge >= 0.3 is 0 Å². The van der Waals surface area contributed by atoms with Crippen molar-refractivity contribution < 1.29 is 4.79 Å². The first-order valence-corrected chi connectivity index (χ1v) is 6.89. The van der Waals surface area contributed by atoms with Crippen LogP contribution >= 0.6 is 12.2 Å². The van der Waals surface area contributed by atoms with Gasteiger partial charge in [0.15, 0.2) is 0 Å². The van der Waals surface area contributed by atoms with Crippen molar-refractivity contribution in [2.24, 2.45) is 11.1 Å². The van der Waals surface area contributed by atoms with Gasteiger partial charge in [-0.25, -0.2) is 0 Å². The van der Waals surface area contributed by atoms with Crippen molar-refractivity contribution in [3.8, 4) is 0 Å². The number of likely N-dealkylation sites (N-methyl/N-ethyl adjacent to an activating group) is 1. The maximum atomic E-state index is 12.7. The van der Waals surface area contributed by atoms with Gasteiger partial charge < -0.3 is 15.5 Å². The highest BCUT2D eigenvalue weighted by Gasteiger charge is 2.55. The highest BCUT2D eigenvalue weighted by atomic mass is 32.1. The summed E-state index contributed by atoms with van der Waals surface area (Å²) < 4.78 is 0. The van der Waals surface area contributed by atoms with Gasteiger partial charge in [-0.1, -0.05) is 24.4 Å². The number of nitrogens with two attached hydrogens (primary N) is 1. The van der Waals surface area contributed by atoms with Crippen LogP contribution in [0.25, 0.3) is 0 Å². The maximum absolute atomic E-state index is 12.7. The summed E-state index contributed by atoms with van der Waals surface area (Å²) in [4.78, 5) is 17.1. The normalized spacial score (nSPS) is 19.8. The lowest BCUT2D eigenvalue weighted by molar-refractivity contribution is -0.121. The summed E-state index contributed by atoms with van der Waals surface area (Å²) in [5.74, 6) is 0.0700. The molecule has 100 valence electrons. The number of hydrogen-bond acceptors (Lipinski definition) is 3. The number of anilines is 2. The molecule has 0 saturated heterocycles. The Labute approximate surface area is 118 Å². The standard InChI is InChI=1S/C14H17N3OS/c1-16-8-9-17(11-5-3-2-4-10(11)16)13(18)14(6-7-14)12(15)19/h2-5H,6-9H2,1H3,(H2,15,19). The summed E-state index contributed by atoms with van der Waals surface area (Å²) in [6.45, 7) is 1.52. The quantitative estimate of drug-likeness (QED) is 0.832. The molecule has 3 rings (SSSR count). The maximum Gasteiger partial charge on any atom is 0.240 e. The van der Waals surface area contributed by atoms with Crippen molar-refractivity contribution in [1.29, 1.82) is 0 Å². The SMILES string of the molecule is CN1CCN(C(=O)C2(C(N)=S)CC2)c2ccccc21. The van der Waals surface area contributed by atoms with Gasteiger partial charge in [-0.3, -0.25) is 4.79 Å². The molecule has 1 aromatic carbocycles. The molecule has 19 heavy (non-hydrogen) atoms. The fraction of sp³-hybridized carbons (Fsp3) is 0.429. The van der Waals surface area contributed by atoms with Gasteiger partial charge in [-0.15, -0.1) is 0 Å². The van der Waals surface area contributed by atoms with Gasteiger partial charge in [0.1, 0.15) is 0 Å². The molecule has 2 aliphatic rings. The number of benzene rings is 1. The minimum Gasteiger partial charge on any atom is -0.392 e. The third kappa shape index (κ3) is 1.80. The molecule has 0 bridgehead atoms. The first kappa shape index (κ1) is 12.4. The summed E-state index contributed by atoms with van der Waals surface area (Å²) in [6.07, 6.45) is 1.57. The third-order valence-electron chi connectivity index (χ3n) is 4.12. The molecule has 2 N–H and O–H groups in total. The van der Waals surface area contributed by atoms with Crippen molar-refractivity contribution in [2.75, 3.05) is 29.9 Å². The van der Waals surface area contributed by atoms with Crippen LogP contribution in [-0.2, 0) is 4.79 Å². The Morgan fingerprint density at radius 3 is 2.47 bits per heavy atom. The van der Waals surface area contributed by atoms with Crippen LogP contribution in [-0.4, -0.2) is 31.0 Å². The average Bonchev–Trinajstić information content (AvgIpc) is 3.20. The molecule has 0 unspecified atom stereocenters. The van der Waals surface area contributed by atoms with Crippen LogP contribution in [0.3, 0.4) is 0 Å². The summed E-state index contributed by atoms with van der Waals surface area (Å²) in [5, 5.41) is 0. The van der Waals surface area contributed by atoms with Crippen LogP contribution in [0.5, 0.6) is 0 Å². The van der Waals surface area contributed by atoms with Gasteiger partial charge in [0.05, 0.1) is 21.8 Å². The molecule has 1 amide bonds. The number of carbonyl (C=O) groups is 1. The predicted molar refractivity (Wildman–Crippen MR) is 80.5 cm³/mol. The van der Waals surface area contributed by atoms with Crippen molar-refractivity contribution >= 4 is 34.5 Å². The van der Waals surface area contributed by atoms with E-state index in [-0.39, 0.29) is 5.91 Å². The number of nitrogens with zero attached hydrogens (tertiary/aromatic N) is 2. The van der Waals surface area contributed by atoms with Crippen LogP contribution < -0.4 is 15.5 Å². The molecule has 1 saturated carbocycles. The van der Waals surface area contributed by atoms with Gasteiger partial charge in [0.2, 0.25) is 5.91 Å². The first-order chi connectivity index (χ1) is 9.06. The Morgan fingerprint density at radius 1 is 1.26 bits per heavy atom. The second-order valence-electron chi connectivity index (χ2n) is 5.31. The van der Waals surface area contributed by atoms with E-state index in [2.05, 4.69) is 4.90 Å². The molecule has 1 aromatic rings. The smallest absolute Gasteiger partial charge is 0.240 e. The Morgan fingerprint density at radius 2 is 1.89 bits per heavy atom. The largest absolute Gasteiger partial charge is 0.392 e. The zero-order valence-electron chi connectivity index (χ0n) is 10.9. The van der Waals surface area contributed by atoms with E-state index in [1.165, 1.54) is 0 Å². The highest BCUT2D eigenvalue weighted by molar-refractivity contribution is 7.80. The summed E-state index contributed by atoms with van der Waals surface area (Å²) in [5.41, 5.74) is 7.24. The molecule has 4 nitrogen and oxygen atoms in total. The Kier molecular flexibility index (Phi) is 2.74. The molecule has 1 aliphatic heterocycles. The molecule has 1 heterocycles. The number of rotatable bonds is 2. The van der Waals surface area contributed by atoms with E-state index in [4.69, 9.17) is 18.0 Å². The van der Waals surface area contributed by atoms with Crippen LogP contribution in [0.2, 0.25) is 0 Å². The molecule has 0 aromatic heterocycles. The zero-order valence-corrected chi connectivity index (χ0v) is 11.7. The minimum absolute atomic E-state index is 0.0700. The molecule has 1 aliphatic carbocycles. The summed E-state index contributed by atoms with van der Waals surface area (Å²) in [7, 11) is 2.04. The summed E-state index contributed by atoms with van der Waals surface area (Å²) in [6, 6.07) is 7.97.